The molecule has 0 aromatic heterocycles. The quantitative estimate of drug-likeness (QED) is 0.341. The van der Waals surface area contributed by atoms with Crippen molar-refractivity contribution < 1.29 is 4.74 Å². The normalized spacial score (nSPS) is 13.6. The summed E-state index contributed by atoms with van der Waals surface area (Å²) in [6.45, 7) is 3.71. The minimum Gasteiger partial charge on any atom is -0.494 e. The second kappa shape index (κ2) is 8.16. The molecule has 1 aliphatic rings. The fourth-order valence-electron chi connectivity index (χ4n) is 4.25. The van der Waals surface area contributed by atoms with E-state index in [2.05, 4.69) is 91.9 Å². The predicted molar refractivity (Wildman–Crippen MR) is 128 cm³/mol. The third kappa shape index (κ3) is 3.50. The Morgan fingerprint density at radius 2 is 1.67 bits per heavy atom. The van der Waals surface area contributed by atoms with Crippen LogP contribution < -0.4 is 4.74 Å². The van der Waals surface area contributed by atoms with Crippen LogP contribution in [-0.4, -0.2) is 18.9 Å². The summed E-state index contributed by atoms with van der Waals surface area (Å²) in [7, 11) is 0. The van der Waals surface area contributed by atoms with Crippen LogP contribution in [0.5, 0.6) is 5.75 Å². The first kappa shape index (κ1) is 18.6. The molecule has 2 heteroatoms. The molecule has 30 heavy (non-hydrogen) atoms. The molecular weight excluding hydrogens is 366 g/mol. The molecule has 1 aliphatic heterocycles. The molecule has 0 amide bonds. The standard InChI is InChI=1S/C28H25NO/c1-2-17-30-23-12-13-26-22(19-23)15-16-29-28(26)14-11-21-18-20-7-3-4-8-24(20)27-10-6-5-9-25(21)27/h3-14,18-19H,2,15-17H2,1H3/b14-11+. The van der Waals surface area contributed by atoms with E-state index in [1.54, 1.807) is 0 Å². The first-order chi connectivity index (χ1) is 14.8. The molecule has 0 atom stereocenters. The van der Waals surface area contributed by atoms with Gasteiger partial charge in [0.2, 0.25) is 0 Å². The molecule has 0 bridgehead atoms. The molecule has 0 fully saturated rings. The number of ether oxygens (including phenoxy) is 1. The van der Waals surface area contributed by atoms with Crippen LogP contribution >= 0.6 is 0 Å². The highest BCUT2D eigenvalue weighted by Gasteiger charge is 2.13. The average molecular weight is 392 g/mol. The van der Waals surface area contributed by atoms with Gasteiger partial charge < -0.3 is 4.74 Å². The lowest BCUT2D eigenvalue weighted by Crippen LogP contribution is -2.11. The molecule has 0 saturated heterocycles. The first-order valence-electron chi connectivity index (χ1n) is 10.7. The van der Waals surface area contributed by atoms with Gasteiger partial charge in [0.05, 0.1) is 12.3 Å². The highest BCUT2D eigenvalue weighted by Crippen LogP contribution is 2.30. The lowest BCUT2D eigenvalue weighted by Gasteiger charge is -2.16. The smallest absolute Gasteiger partial charge is 0.119 e. The Kier molecular flexibility index (Phi) is 5.06. The lowest BCUT2D eigenvalue weighted by molar-refractivity contribution is 0.317. The van der Waals surface area contributed by atoms with Gasteiger partial charge in [-0.2, -0.15) is 0 Å². The zero-order valence-electron chi connectivity index (χ0n) is 17.3. The number of hydrogen-bond donors (Lipinski definition) is 0. The van der Waals surface area contributed by atoms with Crippen molar-refractivity contribution in [2.75, 3.05) is 13.2 Å². The number of aliphatic imine (C=N–C) groups is 1. The Bertz CT molecular complexity index is 1280. The largest absolute Gasteiger partial charge is 0.494 e. The van der Waals surface area contributed by atoms with Crippen LogP contribution in [0.2, 0.25) is 0 Å². The van der Waals surface area contributed by atoms with Crippen molar-refractivity contribution in [2.24, 2.45) is 4.99 Å². The number of hydrogen-bond acceptors (Lipinski definition) is 2. The molecule has 4 aromatic rings. The van der Waals surface area contributed by atoms with Gasteiger partial charge in [-0.3, -0.25) is 4.99 Å². The van der Waals surface area contributed by atoms with Gasteiger partial charge >= 0.3 is 0 Å². The first-order valence-corrected chi connectivity index (χ1v) is 10.7. The highest BCUT2D eigenvalue weighted by molar-refractivity contribution is 6.15. The minimum atomic E-state index is 0.759. The maximum absolute atomic E-state index is 5.82. The molecule has 4 aromatic carbocycles. The van der Waals surface area contributed by atoms with Crippen molar-refractivity contribution >= 4 is 33.3 Å². The van der Waals surface area contributed by atoms with Gasteiger partial charge in [-0.05, 0) is 75.9 Å². The van der Waals surface area contributed by atoms with Crippen LogP contribution in [0.25, 0.3) is 27.6 Å². The number of benzene rings is 4. The van der Waals surface area contributed by atoms with Crippen LogP contribution in [0, 0.1) is 0 Å². The predicted octanol–water partition coefficient (Wildman–Crippen LogP) is 6.84. The van der Waals surface area contributed by atoms with Gasteiger partial charge in [0.15, 0.2) is 0 Å². The van der Waals surface area contributed by atoms with Gasteiger partial charge in [0.1, 0.15) is 5.75 Å². The van der Waals surface area contributed by atoms with E-state index in [1.807, 2.05) is 0 Å². The van der Waals surface area contributed by atoms with E-state index in [9.17, 15) is 0 Å². The second-order valence-corrected chi connectivity index (χ2v) is 7.75. The molecule has 0 spiro atoms. The minimum absolute atomic E-state index is 0.759. The number of nitrogens with zero attached hydrogens (tertiary/aromatic N) is 1. The number of fused-ring (bicyclic) bond motifs is 4. The number of allylic oxidation sites excluding steroid dienone is 1. The van der Waals surface area contributed by atoms with Gasteiger partial charge in [0, 0.05) is 12.1 Å². The highest BCUT2D eigenvalue weighted by atomic mass is 16.5. The maximum atomic E-state index is 5.82. The zero-order chi connectivity index (χ0) is 20.3. The molecular formula is C28H25NO. The van der Waals surface area contributed by atoms with Crippen molar-refractivity contribution in [2.45, 2.75) is 19.8 Å². The van der Waals surface area contributed by atoms with E-state index >= 15 is 0 Å². The molecule has 0 aliphatic carbocycles. The molecule has 0 N–H and O–H groups in total. The monoisotopic (exact) mass is 391 g/mol. The third-order valence-corrected chi connectivity index (χ3v) is 5.71. The molecule has 0 radical (unpaired) electrons. The molecule has 2 nitrogen and oxygen atoms in total. The van der Waals surface area contributed by atoms with Crippen LogP contribution in [0.15, 0.2) is 83.9 Å². The van der Waals surface area contributed by atoms with Crippen molar-refractivity contribution in [3.63, 3.8) is 0 Å². The van der Waals surface area contributed by atoms with E-state index in [4.69, 9.17) is 9.73 Å². The van der Waals surface area contributed by atoms with E-state index < -0.39 is 0 Å². The molecule has 0 unspecified atom stereocenters. The fraction of sp³-hybridized carbons (Fsp3) is 0.179. The van der Waals surface area contributed by atoms with E-state index in [-0.39, 0.29) is 0 Å². The Morgan fingerprint density at radius 1 is 0.867 bits per heavy atom. The van der Waals surface area contributed by atoms with Crippen LogP contribution in [0.3, 0.4) is 0 Å². The zero-order valence-corrected chi connectivity index (χ0v) is 17.3. The second-order valence-electron chi connectivity index (χ2n) is 7.75. The Labute approximate surface area is 177 Å². The Hall–Kier alpha value is -3.39. The van der Waals surface area contributed by atoms with Crippen molar-refractivity contribution in [3.8, 4) is 5.75 Å². The topological polar surface area (TPSA) is 21.6 Å². The number of rotatable bonds is 5. The van der Waals surface area contributed by atoms with Crippen LogP contribution in [-0.2, 0) is 6.42 Å². The van der Waals surface area contributed by atoms with Crippen molar-refractivity contribution in [1.82, 2.24) is 0 Å². The molecule has 0 saturated carbocycles. The maximum Gasteiger partial charge on any atom is 0.119 e. The third-order valence-electron chi connectivity index (χ3n) is 5.71. The molecule has 5 rings (SSSR count). The van der Waals surface area contributed by atoms with E-state index in [0.29, 0.717) is 0 Å². The average Bonchev–Trinajstić information content (AvgIpc) is 2.81. The summed E-state index contributed by atoms with van der Waals surface area (Å²) in [4.78, 5) is 4.81. The van der Waals surface area contributed by atoms with Gasteiger partial charge in [-0.1, -0.05) is 61.5 Å². The SMILES string of the molecule is CCCOc1ccc2c(c1)CCN=C2/C=C/c1cc2ccccc2c2ccccc12. The summed E-state index contributed by atoms with van der Waals surface area (Å²) in [6.07, 6.45) is 6.37. The van der Waals surface area contributed by atoms with Crippen molar-refractivity contribution in [1.29, 1.82) is 0 Å². The van der Waals surface area contributed by atoms with Gasteiger partial charge in [-0.15, -0.1) is 0 Å². The Balaban J connectivity index is 1.53. The van der Waals surface area contributed by atoms with Gasteiger partial charge in [-0.25, -0.2) is 0 Å². The van der Waals surface area contributed by atoms with E-state index in [1.165, 1.54) is 38.2 Å². The lowest BCUT2D eigenvalue weighted by atomic mass is 9.94. The summed E-state index contributed by atoms with van der Waals surface area (Å²) < 4.78 is 5.82. The van der Waals surface area contributed by atoms with Crippen LogP contribution in [0.1, 0.15) is 30.0 Å². The fourth-order valence-corrected chi connectivity index (χ4v) is 4.25. The Morgan fingerprint density at radius 3 is 2.53 bits per heavy atom. The van der Waals surface area contributed by atoms with Crippen LogP contribution in [0.4, 0.5) is 0 Å². The summed E-state index contributed by atoms with van der Waals surface area (Å²) in [5.41, 5.74) is 4.81. The summed E-state index contributed by atoms with van der Waals surface area (Å²) >= 11 is 0. The molecule has 148 valence electrons. The van der Waals surface area contributed by atoms with Gasteiger partial charge in [0.25, 0.3) is 0 Å². The van der Waals surface area contributed by atoms with Crippen molar-refractivity contribution in [3.05, 3.63) is 95.6 Å². The summed E-state index contributed by atoms with van der Waals surface area (Å²) in [5, 5.41) is 5.12. The van der Waals surface area contributed by atoms with E-state index in [0.717, 1.165) is 37.5 Å². The summed E-state index contributed by atoms with van der Waals surface area (Å²) in [6, 6.07) is 25.9. The summed E-state index contributed by atoms with van der Waals surface area (Å²) in [5.74, 6) is 0.960. The molecule has 1 heterocycles.